The van der Waals surface area contributed by atoms with Crippen LogP contribution in [0, 0.1) is 11.3 Å². The third kappa shape index (κ3) is 1.92. The van der Waals surface area contributed by atoms with Crippen molar-refractivity contribution in [2.75, 3.05) is 5.73 Å². The second kappa shape index (κ2) is 3.66. The monoisotopic (exact) mass is 247 g/mol. The van der Waals surface area contributed by atoms with Crippen LogP contribution < -0.4 is 5.73 Å². The van der Waals surface area contributed by atoms with Crippen LogP contribution in [0.3, 0.4) is 0 Å². The zero-order valence-electron chi connectivity index (χ0n) is 6.26. The highest BCUT2D eigenvalue weighted by Gasteiger charge is 2.17. The van der Waals surface area contributed by atoms with Gasteiger partial charge in [0.1, 0.15) is 16.4 Å². The molecule has 2 N–H and O–H groups in total. The molecule has 0 saturated carbocycles. The first-order valence-corrected chi connectivity index (χ1v) is 3.99. The van der Waals surface area contributed by atoms with Crippen LogP contribution in [0.2, 0.25) is 0 Å². The van der Waals surface area contributed by atoms with Gasteiger partial charge in [0, 0.05) is 5.69 Å². The maximum Gasteiger partial charge on any atom is 0.268 e. The lowest BCUT2D eigenvalue weighted by Gasteiger charge is -2.05. The Bertz CT molecular complexity index is 349. The van der Waals surface area contributed by atoms with Crippen molar-refractivity contribution in [2.24, 2.45) is 0 Å². The fraction of sp³-hybridized carbons (Fsp3) is 0.143. The Balaban J connectivity index is 3.33. The van der Waals surface area contributed by atoms with Gasteiger partial charge in [-0.05, 0) is 22.0 Å². The van der Waals surface area contributed by atoms with Gasteiger partial charge in [0.2, 0.25) is 0 Å². The maximum absolute atomic E-state index is 12.3. The zero-order chi connectivity index (χ0) is 10.0. The first-order valence-electron chi connectivity index (χ1n) is 3.20. The van der Waals surface area contributed by atoms with Crippen molar-refractivity contribution in [3.8, 4) is 6.07 Å². The SMILES string of the molecule is N#Cc1cc(N)c(C(F)F)c(Br)n1. The Morgan fingerprint density at radius 3 is 2.62 bits per heavy atom. The Morgan fingerprint density at radius 1 is 1.62 bits per heavy atom. The van der Waals surface area contributed by atoms with Gasteiger partial charge in [-0.25, -0.2) is 13.8 Å². The van der Waals surface area contributed by atoms with E-state index in [9.17, 15) is 8.78 Å². The van der Waals surface area contributed by atoms with Crippen molar-refractivity contribution < 1.29 is 8.78 Å². The molecule has 68 valence electrons. The van der Waals surface area contributed by atoms with Crippen LogP contribution >= 0.6 is 15.9 Å². The highest BCUT2D eigenvalue weighted by atomic mass is 79.9. The molecule has 6 heteroatoms. The summed E-state index contributed by atoms with van der Waals surface area (Å²) in [4.78, 5) is 3.57. The van der Waals surface area contributed by atoms with Gasteiger partial charge in [-0.1, -0.05) is 0 Å². The van der Waals surface area contributed by atoms with E-state index in [1.807, 2.05) is 0 Å². The summed E-state index contributed by atoms with van der Waals surface area (Å²) < 4.78 is 24.5. The summed E-state index contributed by atoms with van der Waals surface area (Å²) in [5.41, 5.74) is 4.80. The van der Waals surface area contributed by atoms with Crippen LogP contribution in [0.5, 0.6) is 0 Å². The lowest BCUT2D eigenvalue weighted by Crippen LogP contribution is -2.00. The van der Waals surface area contributed by atoms with E-state index in [0.29, 0.717) is 0 Å². The van der Waals surface area contributed by atoms with Crippen LogP contribution in [0.25, 0.3) is 0 Å². The summed E-state index contributed by atoms with van der Waals surface area (Å²) in [5, 5.41) is 8.44. The number of nitriles is 1. The topological polar surface area (TPSA) is 62.7 Å². The lowest BCUT2D eigenvalue weighted by molar-refractivity contribution is 0.151. The number of anilines is 1. The molecule has 0 aliphatic heterocycles. The maximum atomic E-state index is 12.3. The number of halogens is 3. The molecule has 0 atom stereocenters. The third-order valence-corrected chi connectivity index (χ3v) is 1.98. The summed E-state index contributed by atoms with van der Waals surface area (Å²) in [5.74, 6) is 0. The molecule has 13 heavy (non-hydrogen) atoms. The highest BCUT2D eigenvalue weighted by Crippen LogP contribution is 2.31. The van der Waals surface area contributed by atoms with Gasteiger partial charge in [-0.2, -0.15) is 5.26 Å². The van der Waals surface area contributed by atoms with Crippen molar-refractivity contribution in [3.05, 3.63) is 21.9 Å². The fourth-order valence-corrected chi connectivity index (χ4v) is 1.41. The molecule has 0 saturated heterocycles. The number of hydrogen-bond donors (Lipinski definition) is 1. The van der Waals surface area contributed by atoms with E-state index < -0.39 is 6.43 Å². The molecule has 0 aromatic carbocycles. The number of hydrogen-bond acceptors (Lipinski definition) is 3. The minimum absolute atomic E-state index is 0.00813. The molecule has 0 bridgehead atoms. The molecule has 1 aromatic rings. The molecular weight excluding hydrogens is 244 g/mol. The standard InChI is InChI=1S/C7H4BrF2N3/c8-6-5(7(9)10)4(12)1-3(2-11)13-6/h1,7H,(H2,12,13). The molecule has 0 unspecified atom stereocenters. The van der Waals surface area contributed by atoms with E-state index in [0.717, 1.165) is 6.07 Å². The summed E-state index contributed by atoms with van der Waals surface area (Å²) >= 11 is 2.82. The average Bonchev–Trinajstić information content (AvgIpc) is 2.02. The minimum atomic E-state index is -2.70. The molecule has 1 heterocycles. The van der Waals surface area contributed by atoms with E-state index in [1.54, 1.807) is 6.07 Å². The molecule has 0 amide bonds. The van der Waals surface area contributed by atoms with Crippen LogP contribution in [0.15, 0.2) is 10.7 Å². The van der Waals surface area contributed by atoms with Crippen molar-refractivity contribution >= 4 is 21.6 Å². The number of rotatable bonds is 1. The van der Waals surface area contributed by atoms with Crippen molar-refractivity contribution in [3.63, 3.8) is 0 Å². The first kappa shape index (κ1) is 9.86. The molecule has 0 aliphatic carbocycles. The Hall–Kier alpha value is -1.22. The van der Waals surface area contributed by atoms with Gasteiger partial charge in [-0.15, -0.1) is 0 Å². The highest BCUT2D eigenvalue weighted by molar-refractivity contribution is 9.10. The van der Waals surface area contributed by atoms with Crippen molar-refractivity contribution in [2.45, 2.75) is 6.43 Å². The van der Waals surface area contributed by atoms with Gasteiger partial charge in [0.15, 0.2) is 0 Å². The predicted molar refractivity (Wildman–Crippen MR) is 46.0 cm³/mol. The Kier molecular flexibility index (Phi) is 2.78. The van der Waals surface area contributed by atoms with E-state index in [2.05, 4.69) is 20.9 Å². The summed E-state index contributed by atoms with van der Waals surface area (Å²) in [7, 11) is 0. The molecule has 0 aliphatic rings. The lowest BCUT2D eigenvalue weighted by atomic mass is 10.2. The number of nitrogen functional groups attached to an aromatic ring is 1. The van der Waals surface area contributed by atoms with Crippen LogP contribution in [-0.4, -0.2) is 4.98 Å². The zero-order valence-corrected chi connectivity index (χ0v) is 7.85. The molecular formula is C7H4BrF2N3. The number of alkyl halides is 2. The summed E-state index contributed by atoms with van der Waals surface area (Å²) in [6.07, 6.45) is -2.70. The second-order valence-corrected chi connectivity index (χ2v) is 2.96. The smallest absolute Gasteiger partial charge is 0.268 e. The quantitative estimate of drug-likeness (QED) is 0.775. The van der Waals surface area contributed by atoms with Crippen LogP contribution in [0.4, 0.5) is 14.5 Å². The Morgan fingerprint density at radius 2 is 2.23 bits per heavy atom. The number of aromatic nitrogens is 1. The predicted octanol–water partition coefficient (Wildman–Crippen LogP) is 2.24. The van der Waals surface area contributed by atoms with Gasteiger partial charge >= 0.3 is 0 Å². The van der Waals surface area contributed by atoms with Crippen molar-refractivity contribution in [1.82, 2.24) is 4.98 Å². The largest absolute Gasteiger partial charge is 0.398 e. The van der Waals surface area contributed by atoms with E-state index >= 15 is 0 Å². The van der Waals surface area contributed by atoms with Crippen LogP contribution in [0.1, 0.15) is 17.7 Å². The average molecular weight is 248 g/mol. The molecule has 0 spiro atoms. The second-order valence-electron chi connectivity index (χ2n) is 2.21. The van der Waals surface area contributed by atoms with E-state index in [1.165, 1.54) is 0 Å². The first-order chi connectivity index (χ1) is 6.06. The molecule has 1 rings (SSSR count). The van der Waals surface area contributed by atoms with Gasteiger partial charge in [0.05, 0.1) is 5.56 Å². The summed E-state index contributed by atoms with van der Waals surface area (Å²) in [6.45, 7) is 0. The fourth-order valence-electron chi connectivity index (χ4n) is 0.816. The van der Waals surface area contributed by atoms with Crippen LogP contribution in [-0.2, 0) is 0 Å². The molecule has 0 fully saturated rings. The Labute approximate surface area is 81.3 Å². The minimum Gasteiger partial charge on any atom is -0.398 e. The molecule has 3 nitrogen and oxygen atoms in total. The van der Waals surface area contributed by atoms with Gasteiger partial charge in [-0.3, -0.25) is 0 Å². The number of pyridine rings is 1. The van der Waals surface area contributed by atoms with Gasteiger partial charge in [0.25, 0.3) is 6.43 Å². The van der Waals surface area contributed by atoms with E-state index in [-0.39, 0.29) is 21.5 Å². The van der Waals surface area contributed by atoms with Crippen molar-refractivity contribution in [1.29, 1.82) is 5.26 Å². The van der Waals surface area contributed by atoms with Gasteiger partial charge < -0.3 is 5.73 Å². The normalized spacial score (nSPS) is 10.1. The summed E-state index contributed by atoms with van der Waals surface area (Å²) in [6, 6.07) is 2.83. The van der Waals surface area contributed by atoms with E-state index in [4.69, 9.17) is 11.0 Å². The third-order valence-electron chi connectivity index (χ3n) is 1.38. The number of nitrogens with two attached hydrogens (primary N) is 1. The molecule has 0 radical (unpaired) electrons. The number of nitrogens with zero attached hydrogens (tertiary/aromatic N) is 2. The molecule has 1 aromatic heterocycles.